The van der Waals surface area contributed by atoms with Crippen molar-refractivity contribution in [3.63, 3.8) is 0 Å². The lowest BCUT2D eigenvalue weighted by molar-refractivity contribution is -0.257. The number of aliphatic hydroxyl groups is 1. The molecule has 0 aromatic heterocycles. The summed E-state index contributed by atoms with van der Waals surface area (Å²) in [4.78, 5) is 17.9. The standard InChI is InChI=1S/C23H22F4N2O3/c1-14-17-11-16(8-7-15(17)12-32-29-14)28-20(30)22(31,23(25,26)27)13-21(9-4-10-21)18-5-2-3-6-19(18)24/h2-3,5-8,11,29,31H,1,4,9-10,12-13H2,(H,28,30). The van der Waals surface area contributed by atoms with E-state index in [0.717, 1.165) is 5.56 Å². The van der Waals surface area contributed by atoms with E-state index in [1.54, 1.807) is 6.07 Å². The molecule has 2 aromatic carbocycles. The number of carbonyl (C=O) groups excluding carboxylic acids is 1. The Kier molecular flexibility index (Phi) is 5.50. The van der Waals surface area contributed by atoms with Crippen molar-refractivity contribution in [3.05, 3.63) is 71.6 Å². The SMILES string of the molecule is C=C1NOCc2ccc(NC(=O)C(O)(CC3(c4ccccc4F)CCC3)C(F)(F)F)cc21. The van der Waals surface area contributed by atoms with E-state index in [1.165, 1.54) is 36.4 Å². The van der Waals surface area contributed by atoms with Gasteiger partial charge in [-0.15, -0.1) is 0 Å². The number of anilines is 1. The van der Waals surface area contributed by atoms with E-state index in [4.69, 9.17) is 4.84 Å². The Balaban J connectivity index is 1.65. The highest BCUT2D eigenvalue weighted by atomic mass is 19.4. The van der Waals surface area contributed by atoms with E-state index in [-0.39, 0.29) is 30.7 Å². The van der Waals surface area contributed by atoms with E-state index in [9.17, 15) is 27.5 Å². The molecule has 5 nitrogen and oxygen atoms in total. The van der Waals surface area contributed by atoms with Gasteiger partial charge in [-0.1, -0.05) is 37.3 Å². The number of amides is 1. The monoisotopic (exact) mass is 450 g/mol. The molecule has 0 saturated heterocycles. The third-order valence-corrected chi connectivity index (χ3v) is 6.31. The first-order chi connectivity index (χ1) is 15.1. The molecular formula is C23H22F4N2O3. The van der Waals surface area contributed by atoms with Gasteiger partial charge in [-0.2, -0.15) is 13.2 Å². The van der Waals surface area contributed by atoms with Gasteiger partial charge in [0.25, 0.3) is 5.91 Å². The van der Waals surface area contributed by atoms with Crippen molar-refractivity contribution in [1.82, 2.24) is 5.48 Å². The molecule has 1 saturated carbocycles. The quantitative estimate of drug-likeness (QED) is 0.584. The molecule has 9 heteroatoms. The number of nitrogens with one attached hydrogen (secondary N) is 2. The second-order valence-electron chi connectivity index (χ2n) is 8.34. The fourth-order valence-corrected chi connectivity index (χ4v) is 4.39. The van der Waals surface area contributed by atoms with Gasteiger partial charge in [-0.3, -0.25) is 15.1 Å². The van der Waals surface area contributed by atoms with Crippen molar-refractivity contribution in [3.8, 4) is 0 Å². The van der Waals surface area contributed by atoms with Gasteiger partial charge in [0.15, 0.2) is 0 Å². The number of benzene rings is 2. The summed E-state index contributed by atoms with van der Waals surface area (Å²) in [7, 11) is 0. The van der Waals surface area contributed by atoms with E-state index in [0.29, 0.717) is 17.7 Å². The van der Waals surface area contributed by atoms with Gasteiger partial charge in [0.05, 0.1) is 5.70 Å². The number of fused-ring (bicyclic) bond motifs is 1. The Morgan fingerprint density at radius 2 is 1.94 bits per heavy atom. The first-order valence-electron chi connectivity index (χ1n) is 10.1. The summed E-state index contributed by atoms with van der Waals surface area (Å²) in [5.74, 6) is -2.27. The van der Waals surface area contributed by atoms with Crippen molar-refractivity contribution in [2.75, 3.05) is 5.32 Å². The molecule has 0 radical (unpaired) electrons. The van der Waals surface area contributed by atoms with E-state index >= 15 is 0 Å². The van der Waals surface area contributed by atoms with E-state index < -0.39 is 35.3 Å². The topological polar surface area (TPSA) is 70.6 Å². The average molecular weight is 450 g/mol. The number of carbonyl (C=O) groups is 1. The lowest BCUT2D eigenvalue weighted by Crippen LogP contribution is -2.59. The zero-order chi connectivity index (χ0) is 23.1. The van der Waals surface area contributed by atoms with Crippen LogP contribution in [-0.2, 0) is 21.7 Å². The first kappa shape index (κ1) is 22.3. The zero-order valence-corrected chi connectivity index (χ0v) is 17.1. The van der Waals surface area contributed by atoms with Crippen molar-refractivity contribution in [2.45, 2.75) is 49.5 Å². The van der Waals surface area contributed by atoms with Crippen LogP contribution in [0.3, 0.4) is 0 Å². The largest absolute Gasteiger partial charge is 0.426 e. The van der Waals surface area contributed by atoms with Crippen molar-refractivity contribution in [2.24, 2.45) is 0 Å². The molecule has 1 fully saturated rings. The Labute approximate surface area is 182 Å². The molecular weight excluding hydrogens is 428 g/mol. The van der Waals surface area contributed by atoms with Crippen LogP contribution in [0.1, 0.15) is 42.4 Å². The number of alkyl halides is 3. The lowest BCUT2D eigenvalue weighted by atomic mass is 9.59. The van der Waals surface area contributed by atoms with Crippen LogP contribution >= 0.6 is 0 Å². The Bertz CT molecular complexity index is 1070. The smallest absolute Gasteiger partial charge is 0.373 e. The van der Waals surface area contributed by atoms with Crippen LogP contribution in [0, 0.1) is 5.82 Å². The minimum atomic E-state index is -5.27. The summed E-state index contributed by atoms with van der Waals surface area (Å²) in [5, 5.41) is 12.9. The third-order valence-electron chi connectivity index (χ3n) is 6.31. The summed E-state index contributed by atoms with van der Waals surface area (Å²) in [5.41, 5.74) is -0.560. The minimum Gasteiger partial charge on any atom is -0.373 e. The summed E-state index contributed by atoms with van der Waals surface area (Å²) >= 11 is 0. The molecule has 1 unspecified atom stereocenters. The molecule has 1 amide bonds. The van der Waals surface area contributed by atoms with Crippen LogP contribution in [0.5, 0.6) is 0 Å². The summed E-state index contributed by atoms with van der Waals surface area (Å²) in [6.07, 6.45) is -5.18. The van der Waals surface area contributed by atoms with Crippen LogP contribution in [-0.4, -0.2) is 22.8 Å². The van der Waals surface area contributed by atoms with Gasteiger partial charge in [-0.25, -0.2) is 4.39 Å². The van der Waals surface area contributed by atoms with E-state index in [1.807, 2.05) is 0 Å². The number of rotatable bonds is 5. The minimum absolute atomic E-state index is 0.0647. The molecule has 1 heterocycles. The van der Waals surface area contributed by atoms with Crippen LogP contribution in [0.4, 0.5) is 23.2 Å². The molecule has 1 atom stereocenters. The van der Waals surface area contributed by atoms with Crippen molar-refractivity contribution in [1.29, 1.82) is 0 Å². The fourth-order valence-electron chi connectivity index (χ4n) is 4.39. The predicted molar refractivity (Wildman–Crippen MR) is 110 cm³/mol. The van der Waals surface area contributed by atoms with E-state index in [2.05, 4.69) is 17.4 Å². The van der Waals surface area contributed by atoms with Gasteiger partial charge in [0, 0.05) is 23.1 Å². The molecule has 1 aliphatic heterocycles. The second kappa shape index (κ2) is 7.90. The van der Waals surface area contributed by atoms with Crippen LogP contribution < -0.4 is 10.8 Å². The second-order valence-corrected chi connectivity index (χ2v) is 8.34. The Morgan fingerprint density at radius 1 is 1.22 bits per heavy atom. The van der Waals surface area contributed by atoms with Gasteiger partial charge in [-0.05, 0) is 42.2 Å². The maximum absolute atomic E-state index is 14.4. The van der Waals surface area contributed by atoms with Gasteiger partial charge < -0.3 is 10.4 Å². The molecule has 4 rings (SSSR count). The number of hydrogen-bond donors (Lipinski definition) is 3. The number of hydrogen-bond acceptors (Lipinski definition) is 4. The molecule has 170 valence electrons. The highest BCUT2D eigenvalue weighted by molar-refractivity contribution is 5.98. The Morgan fingerprint density at radius 3 is 2.56 bits per heavy atom. The van der Waals surface area contributed by atoms with Gasteiger partial charge in [0.2, 0.25) is 5.60 Å². The molecule has 2 aromatic rings. The number of hydroxylamine groups is 1. The highest BCUT2D eigenvalue weighted by Gasteiger charge is 2.63. The Hall–Kier alpha value is -2.91. The molecule has 1 aliphatic carbocycles. The van der Waals surface area contributed by atoms with Gasteiger partial charge in [0.1, 0.15) is 12.4 Å². The molecule has 0 bridgehead atoms. The van der Waals surface area contributed by atoms with Crippen LogP contribution in [0.25, 0.3) is 5.70 Å². The average Bonchev–Trinajstić information content (AvgIpc) is 2.71. The number of halogens is 4. The fraction of sp³-hybridized carbons (Fsp3) is 0.348. The molecule has 2 aliphatic rings. The maximum atomic E-state index is 14.4. The van der Waals surface area contributed by atoms with Crippen molar-refractivity contribution < 1.29 is 32.3 Å². The third kappa shape index (κ3) is 3.75. The van der Waals surface area contributed by atoms with Crippen LogP contribution in [0.2, 0.25) is 0 Å². The highest BCUT2D eigenvalue weighted by Crippen LogP contribution is 2.52. The molecule has 0 spiro atoms. The zero-order valence-electron chi connectivity index (χ0n) is 17.1. The van der Waals surface area contributed by atoms with Crippen molar-refractivity contribution >= 4 is 17.3 Å². The first-order valence-corrected chi connectivity index (χ1v) is 10.1. The summed E-state index contributed by atoms with van der Waals surface area (Å²) < 4.78 is 56.6. The lowest BCUT2D eigenvalue weighted by Gasteiger charge is -2.47. The van der Waals surface area contributed by atoms with Crippen LogP contribution in [0.15, 0.2) is 49.0 Å². The molecule has 3 N–H and O–H groups in total. The molecule has 32 heavy (non-hydrogen) atoms. The normalized spacial score (nSPS) is 19.2. The predicted octanol–water partition coefficient (Wildman–Crippen LogP) is 4.58. The summed E-state index contributed by atoms with van der Waals surface area (Å²) in [6.45, 7) is 3.98. The summed E-state index contributed by atoms with van der Waals surface area (Å²) in [6, 6.07) is 10.0. The van der Waals surface area contributed by atoms with Gasteiger partial charge >= 0.3 is 6.18 Å². The maximum Gasteiger partial charge on any atom is 0.426 e.